The van der Waals surface area contributed by atoms with Crippen LogP contribution in [0.5, 0.6) is 5.75 Å². The zero-order chi connectivity index (χ0) is 22.3. The van der Waals surface area contributed by atoms with Gasteiger partial charge in [-0.25, -0.2) is 9.97 Å². The van der Waals surface area contributed by atoms with Crippen LogP contribution in [0.4, 0.5) is 11.5 Å². The number of hydrogen-bond acceptors (Lipinski definition) is 7. The average Bonchev–Trinajstić information content (AvgIpc) is 2.87. The van der Waals surface area contributed by atoms with E-state index in [2.05, 4.69) is 32.8 Å². The predicted molar refractivity (Wildman–Crippen MR) is 130 cm³/mol. The molecule has 32 heavy (non-hydrogen) atoms. The number of benzene rings is 1. The first kappa shape index (κ1) is 22.7. The lowest BCUT2D eigenvalue weighted by Gasteiger charge is -2.36. The van der Waals surface area contributed by atoms with Crippen LogP contribution in [0.2, 0.25) is 0 Å². The molecular formula is C24H33N5O2S. The van der Waals surface area contributed by atoms with Gasteiger partial charge in [-0.05, 0) is 37.8 Å². The van der Waals surface area contributed by atoms with Gasteiger partial charge in [-0.2, -0.15) is 0 Å². The number of para-hydroxylation sites is 2. The Kier molecular flexibility index (Phi) is 7.73. The van der Waals surface area contributed by atoms with Crippen LogP contribution >= 0.6 is 11.8 Å². The molecule has 0 spiro atoms. The van der Waals surface area contributed by atoms with Crippen LogP contribution in [0.3, 0.4) is 0 Å². The van der Waals surface area contributed by atoms with E-state index >= 15 is 0 Å². The highest BCUT2D eigenvalue weighted by atomic mass is 32.2. The van der Waals surface area contributed by atoms with Crippen LogP contribution in [0.1, 0.15) is 32.6 Å². The number of nitrogens with zero attached hydrogens (tertiary/aromatic N) is 5. The normalized spacial score (nSPS) is 19.2. The highest BCUT2D eigenvalue weighted by Crippen LogP contribution is 2.29. The second-order valence-electron chi connectivity index (χ2n) is 8.29. The van der Waals surface area contributed by atoms with E-state index in [9.17, 15) is 4.79 Å². The van der Waals surface area contributed by atoms with Crippen molar-refractivity contribution in [1.29, 1.82) is 0 Å². The standard InChI is InChI=1S/C24H33N5O2S/c1-3-19-8-6-7-11-29(19)22-16-23(26-18-25-22)32-17-24(30)28-14-12-27(13-15-28)20-9-4-5-10-21(20)31-2/h4-5,9-10,16,18-19H,3,6-8,11-15,17H2,1-2H3. The smallest absolute Gasteiger partial charge is 0.233 e. The molecule has 0 aliphatic carbocycles. The molecule has 0 N–H and O–H groups in total. The molecule has 2 aliphatic rings. The fourth-order valence-electron chi connectivity index (χ4n) is 4.61. The highest BCUT2D eigenvalue weighted by molar-refractivity contribution is 7.99. The molecule has 8 heteroatoms. The maximum Gasteiger partial charge on any atom is 0.233 e. The topological polar surface area (TPSA) is 61.8 Å². The van der Waals surface area contributed by atoms with Gasteiger partial charge in [0.25, 0.3) is 0 Å². The van der Waals surface area contributed by atoms with E-state index < -0.39 is 0 Å². The molecule has 172 valence electrons. The number of carbonyl (C=O) groups is 1. The zero-order valence-electron chi connectivity index (χ0n) is 19.1. The molecule has 2 fully saturated rings. The van der Waals surface area contributed by atoms with E-state index in [1.807, 2.05) is 29.2 Å². The molecule has 4 rings (SSSR count). The Morgan fingerprint density at radius 1 is 1.12 bits per heavy atom. The minimum Gasteiger partial charge on any atom is -0.495 e. The van der Waals surface area contributed by atoms with Gasteiger partial charge >= 0.3 is 0 Å². The van der Waals surface area contributed by atoms with Gasteiger partial charge in [0.1, 0.15) is 22.9 Å². The lowest BCUT2D eigenvalue weighted by Crippen LogP contribution is -2.49. The lowest BCUT2D eigenvalue weighted by atomic mass is 10.0. The fourth-order valence-corrected chi connectivity index (χ4v) is 5.37. The van der Waals surface area contributed by atoms with Crippen LogP contribution in [-0.2, 0) is 4.79 Å². The van der Waals surface area contributed by atoms with Crippen molar-refractivity contribution in [3.63, 3.8) is 0 Å². The van der Waals surface area contributed by atoms with Crippen LogP contribution in [0, 0.1) is 0 Å². The first-order valence-corrected chi connectivity index (χ1v) is 12.6. The summed E-state index contributed by atoms with van der Waals surface area (Å²) in [5.41, 5.74) is 1.09. The summed E-state index contributed by atoms with van der Waals surface area (Å²) < 4.78 is 5.49. The van der Waals surface area contributed by atoms with Crippen molar-refractivity contribution in [2.75, 3.05) is 55.4 Å². The summed E-state index contributed by atoms with van der Waals surface area (Å²) in [6.07, 6.45) is 6.49. The van der Waals surface area contributed by atoms with E-state index in [1.54, 1.807) is 13.4 Å². The Labute approximate surface area is 195 Å². The minimum atomic E-state index is 0.166. The number of carbonyl (C=O) groups excluding carboxylic acids is 1. The monoisotopic (exact) mass is 455 g/mol. The van der Waals surface area contributed by atoms with Gasteiger partial charge in [0.05, 0.1) is 18.6 Å². The highest BCUT2D eigenvalue weighted by Gasteiger charge is 2.24. The van der Waals surface area contributed by atoms with E-state index in [4.69, 9.17) is 4.74 Å². The molecular weight excluding hydrogens is 422 g/mol. The number of aromatic nitrogens is 2. The van der Waals surface area contributed by atoms with Crippen LogP contribution in [0.15, 0.2) is 41.7 Å². The van der Waals surface area contributed by atoms with Crippen molar-refractivity contribution in [3.05, 3.63) is 36.7 Å². The van der Waals surface area contributed by atoms with Gasteiger partial charge in [-0.3, -0.25) is 4.79 Å². The Hall–Kier alpha value is -2.48. The Morgan fingerprint density at radius 3 is 2.72 bits per heavy atom. The zero-order valence-corrected chi connectivity index (χ0v) is 19.9. The number of piperazine rings is 1. The van der Waals surface area contributed by atoms with Gasteiger partial charge < -0.3 is 19.4 Å². The summed E-state index contributed by atoms with van der Waals surface area (Å²) in [5.74, 6) is 2.44. The second-order valence-corrected chi connectivity index (χ2v) is 9.29. The Bertz CT molecular complexity index is 903. The van der Waals surface area contributed by atoms with Crippen molar-refractivity contribution in [1.82, 2.24) is 14.9 Å². The fraction of sp³-hybridized carbons (Fsp3) is 0.542. The third kappa shape index (κ3) is 5.28. The van der Waals surface area contributed by atoms with Gasteiger partial charge in [-0.15, -0.1) is 0 Å². The maximum atomic E-state index is 12.8. The summed E-state index contributed by atoms with van der Waals surface area (Å²) in [7, 11) is 1.70. The molecule has 3 heterocycles. The first-order chi connectivity index (χ1) is 15.7. The van der Waals surface area contributed by atoms with Crippen LogP contribution in [-0.4, -0.2) is 72.4 Å². The molecule has 1 aromatic carbocycles. The second kappa shape index (κ2) is 10.9. The maximum absolute atomic E-state index is 12.8. The molecule has 2 saturated heterocycles. The Morgan fingerprint density at radius 2 is 1.94 bits per heavy atom. The molecule has 2 aromatic rings. The summed E-state index contributed by atoms with van der Waals surface area (Å²) >= 11 is 1.51. The van der Waals surface area contributed by atoms with Crippen LogP contribution in [0.25, 0.3) is 0 Å². The van der Waals surface area contributed by atoms with E-state index in [0.29, 0.717) is 11.8 Å². The Balaban J connectivity index is 1.30. The average molecular weight is 456 g/mol. The number of methoxy groups -OCH3 is 1. The number of thioether (sulfide) groups is 1. The van der Waals surface area contributed by atoms with Gasteiger partial charge in [0.2, 0.25) is 5.91 Å². The molecule has 2 aliphatic heterocycles. The SMILES string of the molecule is CCC1CCCCN1c1cc(SCC(=O)N2CCN(c3ccccc3OC)CC2)ncn1. The van der Waals surface area contributed by atoms with Crippen molar-refractivity contribution in [2.24, 2.45) is 0 Å². The quantitative estimate of drug-likeness (QED) is 0.466. The van der Waals surface area contributed by atoms with Crippen molar-refractivity contribution in [2.45, 2.75) is 43.7 Å². The molecule has 0 bridgehead atoms. The summed E-state index contributed by atoms with van der Waals surface area (Å²) in [5, 5.41) is 0.872. The summed E-state index contributed by atoms with van der Waals surface area (Å²) in [4.78, 5) is 28.4. The molecule has 1 amide bonds. The van der Waals surface area contributed by atoms with E-state index in [0.717, 1.165) is 61.4 Å². The summed E-state index contributed by atoms with van der Waals surface area (Å²) in [6.45, 7) is 6.35. The molecule has 1 atom stereocenters. The van der Waals surface area contributed by atoms with Crippen LogP contribution < -0.4 is 14.5 Å². The lowest BCUT2D eigenvalue weighted by molar-refractivity contribution is -0.128. The third-order valence-corrected chi connectivity index (χ3v) is 7.33. The number of anilines is 2. The van der Waals surface area contributed by atoms with E-state index in [-0.39, 0.29) is 5.91 Å². The minimum absolute atomic E-state index is 0.166. The first-order valence-electron chi connectivity index (χ1n) is 11.6. The van der Waals surface area contributed by atoms with Crippen molar-refractivity contribution < 1.29 is 9.53 Å². The molecule has 1 unspecified atom stereocenters. The molecule has 1 aromatic heterocycles. The summed E-state index contributed by atoms with van der Waals surface area (Å²) in [6, 6.07) is 10.7. The largest absolute Gasteiger partial charge is 0.495 e. The number of amides is 1. The third-order valence-electron chi connectivity index (χ3n) is 6.42. The molecule has 0 saturated carbocycles. The van der Waals surface area contributed by atoms with Gasteiger partial charge in [0, 0.05) is 44.8 Å². The number of rotatable bonds is 7. The molecule has 0 radical (unpaired) electrons. The van der Waals surface area contributed by atoms with E-state index in [1.165, 1.54) is 31.0 Å². The number of ether oxygens (including phenoxy) is 1. The molecule has 7 nitrogen and oxygen atoms in total. The van der Waals surface area contributed by atoms with Crippen molar-refractivity contribution in [3.8, 4) is 5.75 Å². The van der Waals surface area contributed by atoms with Gasteiger partial charge in [0.15, 0.2) is 0 Å². The van der Waals surface area contributed by atoms with Gasteiger partial charge in [-0.1, -0.05) is 30.8 Å². The number of hydrogen-bond donors (Lipinski definition) is 0. The number of piperidine rings is 1. The van der Waals surface area contributed by atoms with Crippen molar-refractivity contribution >= 4 is 29.2 Å². The predicted octanol–water partition coefficient (Wildman–Crippen LogP) is 3.70.